The molecule has 198 valence electrons. The van der Waals surface area contributed by atoms with Crippen molar-refractivity contribution in [1.29, 1.82) is 0 Å². The standard InChI is InChI=1S/C29H27F3N2O3S/c1-20-24(17-28(35)33(2)18-21-6-4-3-5-7-21)16-27(23-10-8-22(9-11-23)19-38(36)37)34(20)26-14-12-25(13-15-26)29(30,31)32/h3-16H,17-19H2,1-2H3,(H,36,37). The number of hydrogen-bond donors (Lipinski definition) is 1. The number of benzene rings is 3. The zero-order chi connectivity index (χ0) is 27.4. The molecule has 0 aliphatic rings. The lowest BCUT2D eigenvalue weighted by Crippen LogP contribution is -2.27. The smallest absolute Gasteiger partial charge is 0.341 e. The molecule has 1 amide bonds. The Kier molecular flexibility index (Phi) is 8.18. The molecule has 1 heterocycles. The summed E-state index contributed by atoms with van der Waals surface area (Å²) in [5, 5.41) is 0. The average molecular weight is 541 g/mol. The molecule has 0 saturated carbocycles. The van der Waals surface area contributed by atoms with E-state index in [4.69, 9.17) is 0 Å². The van der Waals surface area contributed by atoms with Gasteiger partial charge in [-0.2, -0.15) is 13.2 Å². The Morgan fingerprint density at radius 3 is 2.16 bits per heavy atom. The third-order valence-corrected chi connectivity index (χ3v) is 6.95. The Balaban J connectivity index is 1.70. The first kappa shape index (κ1) is 27.3. The maximum absolute atomic E-state index is 13.2. The molecule has 0 fully saturated rings. The van der Waals surface area contributed by atoms with Crippen molar-refractivity contribution in [3.05, 3.63) is 113 Å². The molecule has 0 saturated heterocycles. The van der Waals surface area contributed by atoms with Crippen LogP contribution in [0.1, 0.15) is 27.9 Å². The van der Waals surface area contributed by atoms with E-state index in [1.807, 2.05) is 47.9 Å². The van der Waals surface area contributed by atoms with Crippen molar-refractivity contribution in [1.82, 2.24) is 9.47 Å². The van der Waals surface area contributed by atoms with Gasteiger partial charge in [-0.25, -0.2) is 4.21 Å². The lowest BCUT2D eigenvalue weighted by molar-refractivity contribution is -0.137. The molecule has 0 bridgehead atoms. The molecule has 3 aromatic carbocycles. The van der Waals surface area contributed by atoms with Gasteiger partial charge in [0.1, 0.15) is 0 Å². The van der Waals surface area contributed by atoms with Crippen molar-refractivity contribution < 1.29 is 26.7 Å². The molecule has 9 heteroatoms. The van der Waals surface area contributed by atoms with E-state index in [9.17, 15) is 26.7 Å². The summed E-state index contributed by atoms with van der Waals surface area (Å²) in [6.45, 7) is 2.29. The Labute approximate surface area is 221 Å². The molecule has 1 atom stereocenters. The minimum Gasteiger partial charge on any atom is -0.341 e. The topological polar surface area (TPSA) is 62.5 Å². The van der Waals surface area contributed by atoms with E-state index in [0.717, 1.165) is 34.5 Å². The Bertz CT molecular complexity index is 1430. The molecular formula is C29H27F3N2O3S. The van der Waals surface area contributed by atoms with Crippen LogP contribution in [0.2, 0.25) is 0 Å². The quantitative estimate of drug-likeness (QED) is 0.263. The van der Waals surface area contributed by atoms with Gasteiger partial charge in [0.2, 0.25) is 5.91 Å². The SMILES string of the molecule is Cc1c(CC(=O)N(C)Cc2ccccc2)cc(-c2ccc(CS(=O)O)cc2)n1-c1ccc(C(F)(F)F)cc1. The second-order valence-corrected chi connectivity index (χ2v) is 10.0. The maximum Gasteiger partial charge on any atom is 0.416 e. The maximum atomic E-state index is 13.2. The number of halogens is 3. The number of aromatic nitrogens is 1. The van der Waals surface area contributed by atoms with Crippen LogP contribution < -0.4 is 0 Å². The van der Waals surface area contributed by atoms with Gasteiger partial charge in [0.25, 0.3) is 0 Å². The number of carbonyl (C=O) groups is 1. The average Bonchev–Trinajstić information content (AvgIpc) is 3.20. The fourth-order valence-electron chi connectivity index (χ4n) is 4.34. The molecule has 4 aromatic rings. The normalized spacial score (nSPS) is 12.4. The van der Waals surface area contributed by atoms with E-state index in [1.54, 1.807) is 36.2 Å². The summed E-state index contributed by atoms with van der Waals surface area (Å²) in [5.41, 5.74) is 4.43. The molecular weight excluding hydrogens is 513 g/mol. The van der Waals surface area contributed by atoms with Gasteiger partial charge in [0.15, 0.2) is 11.1 Å². The predicted octanol–water partition coefficient (Wildman–Crippen LogP) is 6.39. The summed E-state index contributed by atoms with van der Waals surface area (Å²) >= 11 is -1.98. The molecule has 38 heavy (non-hydrogen) atoms. The van der Waals surface area contributed by atoms with Gasteiger partial charge < -0.3 is 14.0 Å². The summed E-state index contributed by atoms with van der Waals surface area (Å²) in [4.78, 5) is 14.8. The lowest BCUT2D eigenvalue weighted by atomic mass is 10.1. The summed E-state index contributed by atoms with van der Waals surface area (Å²) in [7, 11) is 1.74. The third kappa shape index (κ3) is 6.41. The first-order valence-electron chi connectivity index (χ1n) is 11.9. The van der Waals surface area contributed by atoms with Crippen LogP contribution in [-0.4, -0.2) is 31.2 Å². The summed E-state index contributed by atoms with van der Waals surface area (Å²) in [6.07, 6.45) is -4.33. The molecule has 1 unspecified atom stereocenters. The van der Waals surface area contributed by atoms with Gasteiger partial charge >= 0.3 is 6.18 Å². The van der Waals surface area contributed by atoms with Crippen molar-refractivity contribution in [3.63, 3.8) is 0 Å². The third-order valence-electron chi connectivity index (χ3n) is 6.37. The monoisotopic (exact) mass is 540 g/mol. The van der Waals surface area contributed by atoms with Crippen LogP contribution in [0.15, 0.2) is 84.9 Å². The number of amides is 1. The van der Waals surface area contributed by atoms with Crippen LogP contribution in [0.3, 0.4) is 0 Å². The fraction of sp³-hybridized carbons (Fsp3) is 0.207. The fourth-order valence-corrected chi connectivity index (χ4v) is 4.82. The van der Waals surface area contributed by atoms with Gasteiger partial charge in [-0.15, -0.1) is 0 Å². The zero-order valence-electron chi connectivity index (χ0n) is 20.9. The van der Waals surface area contributed by atoms with Crippen molar-refractivity contribution in [3.8, 4) is 16.9 Å². The van der Waals surface area contributed by atoms with Crippen LogP contribution >= 0.6 is 0 Å². The minimum atomic E-state index is -4.45. The van der Waals surface area contributed by atoms with Gasteiger partial charge in [-0.3, -0.25) is 4.79 Å². The van der Waals surface area contributed by atoms with Crippen molar-refractivity contribution in [2.45, 2.75) is 31.8 Å². The number of nitrogens with zero attached hydrogens (tertiary/aromatic N) is 2. The Morgan fingerprint density at radius 2 is 1.58 bits per heavy atom. The van der Waals surface area contributed by atoms with E-state index in [2.05, 4.69) is 0 Å². The number of carbonyl (C=O) groups excluding carboxylic acids is 1. The highest BCUT2D eigenvalue weighted by atomic mass is 32.2. The van der Waals surface area contributed by atoms with E-state index in [0.29, 0.717) is 23.5 Å². The molecule has 0 radical (unpaired) electrons. The number of hydrogen-bond acceptors (Lipinski definition) is 2. The van der Waals surface area contributed by atoms with E-state index >= 15 is 0 Å². The molecule has 0 aliphatic heterocycles. The van der Waals surface area contributed by atoms with Crippen molar-refractivity contribution >= 4 is 17.0 Å². The molecule has 5 nitrogen and oxygen atoms in total. The predicted molar refractivity (Wildman–Crippen MR) is 142 cm³/mol. The molecule has 1 N–H and O–H groups in total. The largest absolute Gasteiger partial charge is 0.416 e. The van der Waals surface area contributed by atoms with Crippen LogP contribution in [0, 0.1) is 6.92 Å². The van der Waals surface area contributed by atoms with Gasteiger partial charge in [-0.1, -0.05) is 54.6 Å². The number of alkyl halides is 3. The van der Waals surface area contributed by atoms with Crippen LogP contribution in [0.5, 0.6) is 0 Å². The minimum absolute atomic E-state index is 0.00722. The highest BCUT2D eigenvalue weighted by Crippen LogP contribution is 2.33. The van der Waals surface area contributed by atoms with Crippen LogP contribution in [-0.2, 0) is 40.8 Å². The molecule has 0 spiro atoms. The Morgan fingerprint density at radius 1 is 0.947 bits per heavy atom. The van der Waals surface area contributed by atoms with Crippen LogP contribution in [0.4, 0.5) is 13.2 Å². The van der Waals surface area contributed by atoms with Crippen molar-refractivity contribution in [2.75, 3.05) is 7.05 Å². The van der Waals surface area contributed by atoms with Crippen molar-refractivity contribution in [2.24, 2.45) is 0 Å². The van der Waals surface area contributed by atoms with E-state index in [1.165, 1.54) is 12.1 Å². The highest BCUT2D eigenvalue weighted by Gasteiger charge is 2.30. The summed E-state index contributed by atoms with van der Waals surface area (Å²) in [5.74, 6) is -0.0962. The molecule has 1 aromatic heterocycles. The number of likely N-dealkylation sites (N-methyl/N-ethyl adjacent to an activating group) is 1. The lowest BCUT2D eigenvalue weighted by Gasteiger charge is -2.17. The second kappa shape index (κ2) is 11.4. The van der Waals surface area contributed by atoms with Gasteiger partial charge in [-0.05, 0) is 59.5 Å². The molecule has 0 aliphatic carbocycles. The highest BCUT2D eigenvalue weighted by molar-refractivity contribution is 7.78. The van der Waals surface area contributed by atoms with Gasteiger partial charge in [0.05, 0.1) is 23.4 Å². The van der Waals surface area contributed by atoms with Crippen LogP contribution in [0.25, 0.3) is 16.9 Å². The van der Waals surface area contributed by atoms with E-state index < -0.39 is 22.8 Å². The summed E-state index contributed by atoms with van der Waals surface area (Å²) < 4.78 is 61.7. The number of rotatable bonds is 8. The molecule has 4 rings (SSSR count). The first-order valence-corrected chi connectivity index (χ1v) is 13.1. The second-order valence-electron chi connectivity index (χ2n) is 9.10. The van der Waals surface area contributed by atoms with Gasteiger partial charge in [0, 0.05) is 25.0 Å². The van der Waals surface area contributed by atoms with E-state index in [-0.39, 0.29) is 18.1 Å². The Hall–Kier alpha value is -3.69. The zero-order valence-corrected chi connectivity index (χ0v) is 21.7. The first-order chi connectivity index (χ1) is 18.0. The summed E-state index contributed by atoms with van der Waals surface area (Å²) in [6, 6.07) is 23.5.